The quantitative estimate of drug-likeness (QED) is 0.184. The summed E-state index contributed by atoms with van der Waals surface area (Å²) in [5.74, 6) is 3.53. The van der Waals surface area contributed by atoms with Gasteiger partial charge in [-0.2, -0.15) is 5.10 Å². The smallest absolute Gasteiger partial charge is 0.137 e. The number of para-hydroxylation sites is 1. The molecule has 1 aliphatic carbocycles. The van der Waals surface area contributed by atoms with E-state index in [1.165, 1.54) is 46.0 Å². The van der Waals surface area contributed by atoms with Crippen LogP contribution in [0, 0.1) is 26.7 Å². The Morgan fingerprint density at radius 1 is 0.841 bits per heavy atom. The summed E-state index contributed by atoms with van der Waals surface area (Å²) < 4.78 is 11.0. The van der Waals surface area contributed by atoms with Crippen LogP contribution in [0.25, 0.3) is 33.3 Å². The fourth-order valence-electron chi connectivity index (χ4n) is 7.32. The van der Waals surface area contributed by atoms with E-state index in [-0.39, 0.29) is 0 Å². The standard InChI is InChI=1S/C39H40N4O/c1-7-34-39(38-26(4)11-10-12-27(38)5)28(6)41-43(34)29-19-25(3)20-31(22-29)44-30-15-16-33-32-13-8-9-14-35(32)42(36(33)23-30)37-21-24(2)17-18-40-37/h8-9,11,13-23,27,38H,7,10,12H2,1-6H3/t27-,38?/m0/s1. The second-order valence-electron chi connectivity index (χ2n) is 12.5. The molecule has 0 N–H and O–H groups in total. The number of pyridine rings is 1. The van der Waals surface area contributed by atoms with Crippen LogP contribution in [-0.2, 0) is 6.42 Å². The summed E-state index contributed by atoms with van der Waals surface area (Å²) in [5.41, 5.74) is 10.8. The summed E-state index contributed by atoms with van der Waals surface area (Å²) in [4.78, 5) is 4.73. The number of aryl methyl sites for hydroxylation is 3. The summed E-state index contributed by atoms with van der Waals surface area (Å²) in [6.07, 6.45) is 7.61. The molecule has 222 valence electrons. The molecule has 6 aromatic rings. The van der Waals surface area contributed by atoms with E-state index in [4.69, 9.17) is 14.8 Å². The van der Waals surface area contributed by atoms with Gasteiger partial charge in [-0.05, 0) is 106 Å². The van der Waals surface area contributed by atoms with Gasteiger partial charge in [-0.1, -0.05) is 43.7 Å². The third kappa shape index (κ3) is 4.81. The second-order valence-corrected chi connectivity index (χ2v) is 12.5. The molecule has 0 radical (unpaired) electrons. The molecule has 0 aliphatic heterocycles. The highest BCUT2D eigenvalue weighted by Crippen LogP contribution is 2.42. The molecule has 0 spiro atoms. The van der Waals surface area contributed by atoms with Crippen LogP contribution in [-0.4, -0.2) is 19.3 Å². The van der Waals surface area contributed by atoms with Crippen LogP contribution >= 0.6 is 0 Å². The minimum absolute atomic E-state index is 0.425. The van der Waals surface area contributed by atoms with E-state index < -0.39 is 0 Å². The summed E-state index contributed by atoms with van der Waals surface area (Å²) in [7, 11) is 0. The van der Waals surface area contributed by atoms with Crippen molar-refractivity contribution in [1.29, 1.82) is 0 Å². The number of aromatic nitrogens is 4. The zero-order chi connectivity index (χ0) is 30.5. The van der Waals surface area contributed by atoms with Gasteiger partial charge >= 0.3 is 0 Å². The van der Waals surface area contributed by atoms with Crippen LogP contribution in [0.15, 0.2) is 90.6 Å². The van der Waals surface area contributed by atoms with E-state index in [1.54, 1.807) is 0 Å². The monoisotopic (exact) mass is 580 g/mol. The van der Waals surface area contributed by atoms with E-state index >= 15 is 0 Å². The highest BCUT2D eigenvalue weighted by Gasteiger charge is 2.30. The lowest BCUT2D eigenvalue weighted by Crippen LogP contribution is -2.17. The maximum Gasteiger partial charge on any atom is 0.137 e. The number of hydrogen-bond donors (Lipinski definition) is 0. The van der Waals surface area contributed by atoms with Crippen LogP contribution in [0.5, 0.6) is 11.5 Å². The largest absolute Gasteiger partial charge is 0.457 e. The van der Waals surface area contributed by atoms with Crippen molar-refractivity contribution in [1.82, 2.24) is 19.3 Å². The average Bonchev–Trinajstić information content (AvgIpc) is 3.51. The molecule has 0 bridgehead atoms. The van der Waals surface area contributed by atoms with E-state index in [0.717, 1.165) is 51.7 Å². The molecule has 0 saturated heterocycles. The molecule has 7 rings (SSSR count). The van der Waals surface area contributed by atoms with Crippen molar-refractivity contribution in [2.45, 2.75) is 66.7 Å². The summed E-state index contributed by atoms with van der Waals surface area (Å²) in [5, 5.41) is 7.50. The molecule has 5 heteroatoms. The number of rotatable bonds is 6. The first-order chi connectivity index (χ1) is 21.3. The van der Waals surface area contributed by atoms with Gasteiger partial charge in [0.2, 0.25) is 0 Å². The fraction of sp³-hybridized carbons (Fsp3) is 0.282. The summed E-state index contributed by atoms with van der Waals surface area (Å²) in [6.45, 7) is 13.3. The van der Waals surface area contributed by atoms with Crippen LogP contribution < -0.4 is 4.74 Å². The first-order valence-electron chi connectivity index (χ1n) is 15.8. The number of allylic oxidation sites excluding steroid dienone is 2. The highest BCUT2D eigenvalue weighted by atomic mass is 16.5. The van der Waals surface area contributed by atoms with E-state index in [0.29, 0.717) is 11.8 Å². The lowest BCUT2D eigenvalue weighted by molar-refractivity contribution is 0.446. The first kappa shape index (κ1) is 28.1. The predicted molar refractivity (Wildman–Crippen MR) is 181 cm³/mol. The Morgan fingerprint density at radius 2 is 1.66 bits per heavy atom. The van der Waals surface area contributed by atoms with Crippen molar-refractivity contribution < 1.29 is 4.74 Å². The third-order valence-corrected chi connectivity index (χ3v) is 9.29. The molecule has 1 aliphatic rings. The van der Waals surface area contributed by atoms with E-state index in [9.17, 15) is 0 Å². The van der Waals surface area contributed by atoms with Gasteiger partial charge in [0, 0.05) is 46.3 Å². The van der Waals surface area contributed by atoms with Crippen LogP contribution in [0.1, 0.15) is 67.6 Å². The van der Waals surface area contributed by atoms with Crippen molar-refractivity contribution in [3.8, 4) is 23.0 Å². The Bertz CT molecular complexity index is 2060. The maximum atomic E-state index is 6.62. The molecule has 0 amide bonds. The molecule has 3 aromatic heterocycles. The van der Waals surface area contributed by atoms with Gasteiger partial charge in [0.25, 0.3) is 0 Å². The molecular formula is C39H40N4O. The number of ether oxygens (including phenoxy) is 1. The lowest BCUT2D eigenvalue weighted by Gasteiger charge is -2.29. The number of fused-ring (bicyclic) bond motifs is 3. The van der Waals surface area contributed by atoms with Gasteiger partial charge < -0.3 is 4.74 Å². The number of nitrogens with zero attached hydrogens (tertiary/aromatic N) is 4. The van der Waals surface area contributed by atoms with Crippen molar-refractivity contribution in [2.75, 3.05) is 0 Å². The maximum absolute atomic E-state index is 6.62. The predicted octanol–water partition coefficient (Wildman–Crippen LogP) is 10.1. The van der Waals surface area contributed by atoms with Crippen molar-refractivity contribution in [3.63, 3.8) is 0 Å². The van der Waals surface area contributed by atoms with Gasteiger partial charge in [-0.15, -0.1) is 0 Å². The molecule has 1 unspecified atom stereocenters. The molecule has 3 heterocycles. The lowest BCUT2D eigenvalue weighted by atomic mass is 9.75. The Kier molecular flexibility index (Phi) is 7.12. The molecule has 44 heavy (non-hydrogen) atoms. The van der Waals surface area contributed by atoms with Crippen molar-refractivity contribution in [2.24, 2.45) is 5.92 Å². The first-order valence-corrected chi connectivity index (χ1v) is 15.8. The normalized spacial score (nSPS) is 16.9. The van der Waals surface area contributed by atoms with Crippen LogP contribution in [0.3, 0.4) is 0 Å². The van der Waals surface area contributed by atoms with Crippen LogP contribution in [0.4, 0.5) is 0 Å². The molecule has 5 nitrogen and oxygen atoms in total. The Labute approximate surface area is 259 Å². The number of hydrogen-bond acceptors (Lipinski definition) is 3. The topological polar surface area (TPSA) is 44.9 Å². The van der Waals surface area contributed by atoms with Gasteiger partial charge in [0.15, 0.2) is 0 Å². The Balaban J connectivity index is 1.30. The number of benzene rings is 3. The second kappa shape index (κ2) is 11.1. The minimum Gasteiger partial charge on any atom is -0.457 e. The summed E-state index contributed by atoms with van der Waals surface area (Å²) >= 11 is 0. The Morgan fingerprint density at radius 3 is 2.45 bits per heavy atom. The summed E-state index contributed by atoms with van der Waals surface area (Å²) in [6, 6.07) is 25.5. The highest BCUT2D eigenvalue weighted by molar-refractivity contribution is 6.09. The molecule has 3 aromatic carbocycles. The zero-order valence-electron chi connectivity index (χ0n) is 26.6. The molecule has 0 fully saturated rings. The van der Waals surface area contributed by atoms with Gasteiger partial charge in [0.1, 0.15) is 17.3 Å². The molecular weight excluding hydrogens is 540 g/mol. The van der Waals surface area contributed by atoms with Gasteiger partial charge in [0.05, 0.1) is 22.4 Å². The fourth-order valence-corrected chi connectivity index (χ4v) is 7.32. The van der Waals surface area contributed by atoms with Crippen molar-refractivity contribution >= 4 is 21.8 Å². The zero-order valence-corrected chi connectivity index (χ0v) is 26.6. The van der Waals surface area contributed by atoms with Crippen LogP contribution in [0.2, 0.25) is 0 Å². The Hall–Kier alpha value is -4.64. The molecule has 2 atom stereocenters. The molecule has 0 saturated carbocycles. The van der Waals surface area contributed by atoms with E-state index in [1.807, 2.05) is 12.3 Å². The SMILES string of the molecule is CCc1c(C2C(C)=CCC[C@@H]2C)c(C)nn1-c1cc(C)cc(Oc2ccc3c4ccccc4n(-c4cc(C)ccn4)c3c2)c1. The van der Waals surface area contributed by atoms with E-state index in [2.05, 4.69) is 124 Å². The van der Waals surface area contributed by atoms with Crippen molar-refractivity contribution in [3.05, 3.63) is 119 Å². The average molecular weight is 581 g/mol. The van der Waals surface area contributed by atoms with Gasteiger partial charge in [-0.25, -0.2) is 9.67 Å². The van der Waals surface area contributed by atoms with Gasteiger partial charge in [-0.3, -0.25) is 4.57 Å². The minimum atomic E-state index is 0.425. The third-order valence-electron chi connectivity index (χ3n) is 9.29.